The number of aromatic nitrogens is 1. The molecule has 1 amide bonds. The van der Waals surface area contributed by atoms with Crippen LogP contribution in [-0.2, 0) is 10.0 Å². The molecule has 0 atom stereocenters. The molecule has 8 nitrogen and oxygen atoms in total. The molecule has 162 valence electrons. The number of hydrogen-bond acceptors (Lipinski definition) is 6. The van der Waals surface area contributed by atoms with Gasteiger partial charge in [0, 0.05) is 18.0 Å². The number of carbonyl (C=O) groups excluding carboxylic acids is 1. The van der Waals surface area contributed by atoms with Crippen LogP contribution in [0.15, 0.2) is 59.8 Å². The summed E-state index contributed by atoms with van der Waals surface area (Å²) in [5.74, 6) is -0.383. The summed E-state index contributed by atoms with van der Waals surface area (Å²) in [6.07, 6.45) is 2.54. The van der Waals surface area contributed by atoms with E-state index in [1.54, 1.807) is 13.0 Å². The zero-order chi connectivity index (χ0) is 22.6. The summed E-state index contributed by atoms with van der Waals surface area (Å²) in [5.41, 5.74) is 0.890. The molecule has 0 saturated carbocycles. The quantitative estimate of drug-likeness (QED) is 0.576. The molecule has 2 N–H and O–H groups in total. The predicted octanol–water partition coefficient (Wildman–Crippen LogP) is 3.60. The normalized spacial score (nSPS) is 11.0. The van der Waals surface area contributed by atoms with E-state index in [2.05, 4.69) is 15.0 Å². The van der Waals surface area contributed by atoms with Gasteiger partial charge in [0.15, 0.2) is 11.5 Å². The molecule has 3 aromatic rings. The molecule has 0 bridgehead atoms. The monoisotopic (exact) mass is 445 g/mol. The van der Waals surface area contributed by atoms with Gasteiger partial charge in [0.2, 0.25) is 0 Å². The van der Waals surface area contributed by atoms with Gasteiger partial charge >= 0.3 is 0 Å². The average Bonchev–Trinajstić information content (AvgIpc) is 2.75. The van der Waals surface area contributed by atoms with Crippen molar-refractivity contribution < 1.29 is 27.1 Å². The molecular weight excluding hydrogens is 425 g/mol. The van der Waals surface area contributed by atoms with Crippen LogP contribution in [0.5, 0.6) is 11.5 Å². The fraction of sp³-hybridized carbons (Fsp3) is 0.143. The molecule has 0 unspecified atom stereocenters. The number of pyridine rings is 1. The van der Waals surface area contributed by atoms with Crippen LogP contribution in [0, 0.1) is 12.7 Å². The maximum atomic E-state index is 13.7. The number of nitrogens with zero attached hydrogens (tertiary/aromatic N) is 1. The lowest BCUT2D eigenvalue weighted by atomic mass is 10.2. The molecule has 0 aliphatic carbocycles. The van der Waals surface area contributed by atoms with E-state index in [9.17, 15) is 17.6 Å². The second-order valence-electron chi connectivity index (χ2n) is 6.50. The van der Waals surface area contributed by atoms with E-state index >= 15 is 0 Å². The van der Waals surface area contributed by atoms with Gasteiger partial charge in [0.1, 0.15) is 5.82 Å². The van der Waals surface area contributed by atoms with Crippen molar-refractivity contribution in [1.82, 2.24) is 4.98 Å². The number of carbonyl (C=O) groups is 1. The zero-order valence-electron chi connectivity index (χ0n) is 17.0. The molecule has 0 fully saturated rings. The highest BCUT2D eigenvalue weighted by Crippen LogP contribution is 2.30. The van der Waals surface area contributed by atoms with E-state index in [0.717, 1.165) is 0 Å². The number of aryl methyl sites for hydroxylation is 1. The van der Waals surface area contributed by atoms with Crippen LogP contribution < -0.4 is 19.5 Å². The summed E-state index contributed by atoms with van der Waals surface area (Å²) >= 11 is 0. The first kappa shape index (κ1) is 22.0. The Hall–Kier alpha value is -3.66. The maximum absolute atomic E-state index is 13.7. The van der Waals surface area contributed by atoms with E-state index < -0.39 is 21.7 Å². The van der Waals surface area contributed by atoms with Gasteiger partial charge in [-0.2, -0.15) is 0 Å². The van der Waals surface area contributed by atoms with E-state index in [1.165, 1.54) is 63.0 Å². The van der Waals surface area contributed by atoms with Crippen molar-refractivity contribution in [2.45, 2.75) is 11.8 Å². The molecule has 0 aliphatic heterocycles. The van der Waals surface area contributed by atoms with Crippen molar-refractivity contribution >= 4 is 27.3 Å². The van der Waals surface area contributed by atoms with Crippen molar-refractivity contribution in [3.63, 3.8) is 0 Å². The van der Waals surface area contributed by atoms with Gasteiger partial charge in [0.05, 0.1) is 36.6 Å². The molecule has 0 aliphatic rings. The minimum Gasteiger partial charge on any atom is -0.493 e. The van der Waals surface area contributed by atoms with Crippen LogP contribution in [0.1, 0.15) is 15.9 Å². The minimum absolute atomic E-state index is 0.0601. The summed E-state index contributed by atoms with van der Waals surface area (Å²) in [5, 5.41) is 2.55. The topological polar surface area (TPSA) is 107 Å². The second kappa shape index (κ2) is 9.00. The number of methoxy groups -OCH3 is 2. The van der Waals surface area contributed by atoms with E-state index in [4.69, 9.17) is 9.47 Å². The highest BCUT2D eigenvalue weighted by Gasteiger charge is 2.18. The summed E-state index contributed by atoms with van der Waals surface area (Å²) in [4.78, 5) is 16.3. The van der Waals surface area contributed by atoms with Crippen molar-refractivity contribution in [2.75, 3.05) is 24.3 Å². The maximum Gasteiger partial charge on any atom is 0.262 e. The Kier molecular flexibility index (Phi) is 6.40. The Morgan fingerprint density at radius 3 is 2.39 bits per heavy atom. The van der Waals surface area contributed by atoms with Gasteiger partial charge in [-0.25, -0.2) is 12.8 Å². The molecular formula is C21H20FN3O5S. The van der Waals surface area contributed by atoms with Crippen LogP contribution in [-0.4, -0.2) is 33.5 Å². The molecule has 0 saturated heterocycles. The highest BCUT2D eigenvalue weighted by molar-refractivity contribution is 7.92. The first-order valence-corrected chi connectivity index (χ1v) is 10.5. The number of sulfonamides is 1. The third-order valence-electron chi connectivity index (χ3n) is 4.35. The van der Waals surface area contributed by atoms with Gasteiger partial charge < -0.3 is 14.8 Å². The Morgan fingerprint density at radius 2 is 1.71 bits per heavy atom. The molecule has 3 rings (SSSR count). The number of nitrogens with one attached hydrogen (secondary N) is 2. The number of anilines is 2. The summed E-state index contributed by atoms with van der Waals surface area (Å²) < 4.78 is 51.8. The number of ether oxygens (including phenoxy) is 2. The number of benzene rings is 2. The summed E-state index contributed by atoms with van der Waals surface area (Å²) in [6, 6.07) is 9.77. The zero-order valence-corrected chi connectivity index (χ0v) is 17.8. The largest absolute Gasteiger partial charge is 0.493 e. The third kappa shape index (κ3) is 5.10. The van der Waals surface area contributed by atoms with Crippen LogP contribution in [0.3, 0.4) is 0 Å². The lowest BCUT2D eigenvalue weighted by molar-refractivity contribution is 0.102. The fourth-order valence-corrected chi connectivity index (χ4v) is 3.74. The van der Waals surface area contributed by atoms with Crippen LogP contribution in [0.25, 0.3) is 0 Å². The molecule has 10 heteroatoms. The SMILES string of the molecule is COc1ccc(S(=O)(=O)Nc2cncc(C(=O)Nc3ccc(C)c(F)c3)c2)cc1OC. The molecule has 1 aromatic heterocycles. The van der Waals surface area contributed by atoms with Crippen molar-refractivity contribution in [3.05, 3.63) is 71.8 Å². The highest BCUT2D eigenvalue weighted by atomic mass is 32.2. The predicted molar refractivity (Wildman–Crippen MR) is 114 cm³/mol. The van der Waals surface area contributed by atoms with Crippen molar-refractivity contribution in [3.8, 4) is 11.5 Å². The van der Waals surface area contributed by atoms with Crippen molar-refractivity contribution in [1.29, 1.82) is 0 Å². The number of halogens is 1. The van der Waals surface area contributed by atoms with E-state index in [1.807, 2.05) is 0 Å². The smallest absolute Gasteiger partial charge is 0.262 e. The van der Waals surface area contributed by atoms with Crippen molar-refractivity contribution in [2.24, 2.45) is 0 Å². The Labute approximate surface area is 179 Å². The fourth-order valence-electron chi connectivity index (χ4n) is 2.69. The van der Waals surface area contributed by atoms with Gasteiger partial charge in [-0.05, 0) is 42.8 Å². The molecule has 2 aromatic carbocycles. The Balaban J connectivity index is 1.81. The molecule has 0 radical (unpaired) electrons. The van der Waals surface area contributed by atoms with Crippen LogP contribution >= 0.6 is 0 Å². The second-order valence-corrected chi connectivity index (χ2v) is 8.19. The first-order chi connectivity index (χ1) is 14.7. The van der Waals surface area contributed by atoms with Gasteiger partial charge in [-0.3, -0.25) is 14.5 Å². The van der Waals surface area contributed by atoms with Gasteiger partial charge in [0.25, 0.3) is 15.9 Å². The van der Waals surface area contributed by atoms with E-state index in [-0.39, 0.29) is 27.6 Å². The number of amides is 1. The lowest BCUT2D eigenvalue weighted by Crippen LogP contribution is -2.16. The molecule has 0 spiro atoms. The Bertz CT molecular complexity index is 1230. The number of hydrogen-bond donors (Lipinski definition) is 2. The van der Waals surface area contributed by atoms with Crippen LogP contribution in [0.2, 0.25) is 0 Å². The first-order valence-electron chi connectivity index (χ1n) is 9.01. The summed E-state index contributed by atoms with van der Waals surface area (Å²) in [6.45, 7) is 1.61. The minimum atomic E-state index is -3.99. The molecule has 1 heterocycles. The van der Waals surface area contributed by atoms with E-state index in [0.29, 0.717) is 11.3 Å². The Morgan fingerprint density at radius 1 is 0.968 bits per heavy atom. The average molecular weight is 445 g/mol. The standard InChI is InChI=1S/C21H20FN3O5S/c1-13-4-5-15(9-18(13)22)24-21(26)14-8-16(12-23-11-14)25-31(27,28)17-6-7-19(29-2)20(10-17)30-3/h4-12,25H,1-3H3,(H,24,26). The van der Waals surface area contributed by atoms with Crippen LogP contribution in [0.4, 0.5) is 15.8 Å². The third-order valence-corrected chi connectivity index (χ3v) is 5.73. The number of rotatable bonds is 7. The molecule has 31 heavy (non-hydrogen) atoms. The summed E-state index contributed by atoms with van der Waals surface area (Å²) in [7, 11) is -1.15. The lowest BCUT2D eigenvalue weighted by Gasteiger charge is -2.12. The van der Waals surface area contributed by atoms with Gasteiger partial charge in [-0.15, -0.1) is 0 Å². The van der Waals surface area contributed by atoms with Gasteiger partial charge in [-0.1, -0.05) is 6.07 Å².